The highest BCUT2D eigenvalue weighted by Crippen LogP contribution is 2.45. The van der Waals surface area contributed by atoms with Gasteiger partial charge in [-0.05, 0) is 48.2 Å². The van der Waals surface area contributed by atoms with Crippen molar-refractivity contribution in [2.75, 3.05) is 12.0 Å². The number of ether oxygens (including phenoxy) is 1. The minimum atomic E-state index is -0.755. The van der Waals surface area contributed by atoms with E-state index >= 15 is 0 Å². The molecule has 152 valence electrons. The number of aliphatic hydroxyl groups excluding tert-OH is 1. The van der Waals surface area contributed by atoms with E-state index in [9.17, 15) is 14.7 Å². The number of aliphatic hydroxyl groups is 1. The molecule has 1 N–H and O–H groups in total. The normalized spacial score (nSPS) is 18.1. The SMILES string of the molecule is COc1c(Cl)cc(C)cc1/C(O)=C1/C(=O)C(=O)N(c2ccccc2)C1c1cccs1. The quantitative estimate of drug-likeness (QED) is 0.338. The Kier molecular flexibility index (Phi) is 5.37. The molecule has 1 unspecified atom stereocenters. The smallest absolute Gasteiger partial charge is 0.300 e. The van der Waals surface area contributed by atoms with Gasteiger partial charge in [0.1, 0.15) is 17.6 Å². The third-order valence-corrected chi connectivity index (χ3v) is 6.14. The van der Waals surface area contributed by atoms with Crippen molar-refractivity contribution < 1.29 is 19.4 Å². The van der Waals surface area contributed by atoms with Crippen LogP contribution in [0.15, 0.2) is 65.6 Å². The largest absolute Gasteiger partial charge is 0.507 e. The fourth-order valence-electron chi connectivity index (χ4n) is 3.66. The Morgan fingerprint density at radius 1 is 1.13 bits per heavy atom. The van der Waals surface area contributed by atoms with Crippen LogP contribution in [-0.4, -0.2) is 23.9 Å². The number of aryl methyl sites for hydroxylation is 1. The van der Waals surface area contributed by atoms with E-state index in [1.165, 1.54) is 23.3 Å². The lowest BCUT2D eigenvalue weighted by Crippen LogP contribution is -2.29. The molecule has 30 heavy (non-hydrogen) atoms. The molecule has 5 nitrogen and oxygen atoms in total. The maximum atomic E-state index is 13.1. The number of carbonyl (C=O) groups is 2. The number of thiophene rings is 1. The van der Waals surface area contributed by atoms with Gasteiger partial charge < -0.3 is 9.84 Å². The van der Waals surface area contributed by atoms with Gasteiger partial charge in [-0.25, -0.2) is 0 Å². The zero-order chi connectivity index (χ0) is 21.4. The van der Waals surface area contributed by atoms with Crippen LogP contribution in [0.3, 0.4) is 0 Å². The van der Waals surface area contributed by atoms with Crippen molar-refractivity contribution in [3.63, 3.8) is 0 Å². The molecule has 1 aliphatic heterocycles. The summed E-state index contributed by atoms with van der Waals surface area (Å²) in [7, 11) is 1.44. The van der Waals surface area contributed by atoms with Crippen molar-refractivity contribution in [2.24, 2.45) is 0 Å². The van der Waals surface area contributed by atoms with Crippen molar-refractivity contribution in [1.82, 2.24) is 0 Å². The molecule has 1 atom stereocenters. The Labute approximate surface area is 182 Å². The van der Waals surface area contributed by atoms with E-state index in [1.807, 2.05) is 30.5 Å². The molecule has 0 spiro atoms. The number of hydrogen-bond acceptors (Lipinski definition) is 5. The van der Waals surface area contributed by atoms with Crippen LogP contribution in [0.4, 0.5) is 5.69 Å². The van der Waals surface area contributed by atoms with Crippen LogP contribution in [0.25, 0.3) is 5.76 Å². The molecular formula is C23H18ClNO4S. The molecule has 1 aromatic heterocycles. The summed E-state index contributed by atoms with van der Waals surface area (Å²) in [4.78, 5) is 28.3. The van der Waals surface area contributed by atoms with E-state index in [2.05, 4.69) is 0 Å². The van der Waals surface area contributed by atoms with Crippen LogP contribution in [0.1, 0.15) is 22.0 Å². The van der Waals surface area contributed by atoms with E-state index in [0.717, 1.165) is 10.4 Å². The predicted octanol–water partition coefficient (Wildman–Crippen LogP) is 5.34. The minimum absolute atomic E-state index is 0.00581. The summed E-state index contributed by atoms with van der Waals surface area (Å²) in [5.74, 6) is -1.52. The Bertz CT molecular complexity index is 1160. The lowest BCUT2D eigenvalue weighted by atomic mass is 9.98. The summed E-state index contributed by atoms with van der Waals surface area (Å²) in [6.45, 7) is 1.82. The van der Waals surface area contributed by atoms with Gasteiger partial charge in [-0.3, -0.25) is 14.5 Å². The molecule has 2 heterocycles. The number of amides is 1. The monoisotopic (exact) mass is 439 g/mol. The average molecular weight is 440 g/mol. The van der Waals surface area contributed by atoms with E-state index in [-0.39, 0.29) is 22.6 Å². The van der Waals surface area contributed by atoms with Crippen LogP contribution in [0.5, 0.6) is 5.75 Å². The zero-order valence-corrected chi connectivity index (χ0v) is 17.8. The van der Waals surface area contributed by atoms with E-state index in [0.29, 0.717) is 10.7 Å². The van der Waals surface area contributed by atoms with Gasteiger partial charge in [-0.1, -0.05) is 35.9 Å². The lowest BCUT2D eigenvalue weighted by Gasteiger charge is -2.24. The molecule has 3 aromatic rings. The number of hydrogen-bond donors (Lipinski definition) is 1. The molecule has 0 saturated carbocycles. The average Bonchev–Trinajstić information content (AvgIpc) is 3.35. The molecule has 1 amide bonds. The van der Waals surface area contributed by atoms with Crippen molar-refractivity contribution in [1.29, 1.82) is 0 Å². The number of ketones is 1. The number of Topliss-reactive ketones (excluding diaryl/α,β-unsaturated/α-hetero) is 1. The first-order chi connectivity index (χ1) is 14.4. The molecule has 1 aliphatic rings. The number of halogens is 1. The summed E-state index contributed by atoms with van der Waals surface area (Å²) < 4.78 is 5.38. The van der Waals surface area contributed by atoms with E-state index in [1.54, 1.807) is 36.4 Å². The van der Waals surface area contributed by atoms with Crippen molar-refractivity contribution >= 4 is 46.1 Å². The molecule has 2 aromatic carbocycles. The predicted molar refractivity (Wildman–Crippen MR) is 118 cm³/mol. The molecule has 1 saturated heterocycles. The van der Waals surface area contributed by atoms with Gasteiger partial charge in [0.05, 0.1) is 23.3 Å². The Morgan fingerprint density at radius 3 is 2.50 bits per heavy atom. The van der Waals surface area contributed by atoms with Gasteiger partial charge in [-0.2, -0.15) is 0 Å². The summed E-state index contributed by atoms with van der Waals surface area (Å²) in [5.41, 5.74) is 1.64. The second kappa shape index (κ2) is 7.97. The third kappa shape index (κ3) is 3.28. The standard InChI is InChI=1S/C23H18ClNO4S/c1-13-11-15(22(29-2)16(24)12-13)20(26)18-19(17-9-6-10-30-17)25(23(28)21(18)27)14-7-4-3-5-8-14/h3-12,19,26H,1-2H3/b20-18-. The topological polar surface area (TPSA) is 66.8 Å². The maximum Gasteiger partial charge on any atom is 0.300 e. The summed E-state index contributed by atoms with van der Waals surface area (Å²) in [5, 5.41) is 13.4. The van der Waals surface area contributed by atoms with Crippen molar-refractivity contribution in [3.05, 3.63) is 86.6 Å². The highest BCUT2D eigenvalue weighted by Gasteiger charge is 2.47. The molecule has 0 bridgehead atoms. The Hall–Kier alpha value is -3.09. The van der Waals surface area contributed by atoms with Crippen LogP contribution in [-0.2, 0) is 9.59 Å². The van der Waals surface area contributed by atoms with Crippen molar-refractivity contribution in [2.45, 2.75) is 13.0 Å². The highest BCUT2D eigenvalue weighted by atomic mass is 35.5. The third-order valence-electron chi connectivity index (χ3n) is 4.94. The Balaban J connectivity index is 1.99. The van der Waals surface area contributed by atoms with Crippen molar-refractivity contribution in [3.8, 4) is 5.75 Å². The fraction of sp³-hybridized carbons (Fsp3) is 0.130. The number of methoxy groups -OCH3 is 1. The van der Waals surface area contributed by atoms with E-state index < -0.39 is 17.7 Å². The van der Waals surface area contributed by atoms with Gasteiger partial charge in [-0.15, -0.1) is 11.3 Å². The highest BCUT2D eigenvalue weighted by molar-refractivity contribution is 7.10. The lowest BCUT2D eigenvalue weighted by molar-refractivity contribution is -0.132. The van der Waals surface area contributed by atoms with E-state index in [4.69, 9.17) is 16.3 Å². The number of benzene rings is 2. The van der Waals surface area contributed by atoms with Gasteiger partial charge in [0.2, 0.25) is 0 Å². The van der Waals surface area contributed by atoms with Crippen LogP contribution in [0.2, 0.25) is 5.02 Å². The van der Waals surface area contributed by atoms with Gasteiger partial charge in [0.25, 0.3) is 11.7 Å². The van der Waals surface area contributed by atoms with Gasteiger partial charge in [0, 0.05) is 10.6 Å². The molecule has 0 radical (unpaired) electrons. The zero-order valence-electron chi connectivity index (χ0n) is 16.3. The summed E-state index contributed by atoms with van der Waals surface area (Å²) in [6.07, 6.45) is 0. The first-order valence-corrected chi connectivity index (χ1v) is 10.4. The first-order valence-electron chi connectivity index (χ1n) is 9.18. The number of rotatable bonds is 4. The summed E-state index contributed by atoms with van der Waals surface area (Å²) >= 11 is 7.70. The number of anilines is 1. The summed E-state index contributed by atoms with van der Waals surface area (Å²) in [6, 6.07) is 15.3. The van der Waals surface area contributed by atoms with Crippen LogP contribution < -0.4 is 9.64 Å². The Morgan fingerprint density at radius 2 is 1.87 bits per heavy atom. The van der Waals surface area contributed by atoms with Gasteiger partial charge >= 0.3 is 0 Å². The first kappa shape index (κ1) is 20.2. The maximum absolute atomic E-state index is 13.1. The van der Waals surface area contributed by atoms with Crippen LogP contribution >= 0.6 is 22.9 Å². The number of nitrogens with zero attached hydrogens (tertiary/aromatic N) is 1. The molecule has 1 fully saturated rings. The minimum Gasteiger partial charge on any atom is -0.507 e. The molecule has 7 heteroatoms. The molecule has 4 rings (SSSR count). The second-order valence-corrected chi connectivity index (χ2v) is 8.23. The molecular weight excluding hydrogens is 422 g/mol. The van der Waals surface area contributed by atoms with Crippen LogP contribution in [0, 0.1) is 6.92 Å². The number of carbonyl (C=O) groups excluding carboxylic acids is 2. The molecule has 0 aliphatic carbocycles. The second-order valence-electron chi connectivity index (χ2n) is 6.85. The van der Waals surface area contributed by atoms with Gasteiger partial charge in [0.15, 0.2) is 0 Å². The number of para-hydroxylation sites is 1. The fourth-order valence-corrected chi connectivity index (χ4v) is 4.84.